The van der Waals surface area contributed by atoms with Gasteiger partial charge < -0.3 is 19.9 Å². The summed E-state index contributed by atoms with van der Waals surface area (Å²) >= 11 is 5.05. The maximum atomic E-state index is 9.81. The van der Waals surface area contributed by atoms with Crippen LogP contribution in [0.25, 0.3) is 0 Å². The van der Waals surface area contributed by atoms with Crippen LogP contribution in [0.1, 0.15) is 12.5 Å². The first-order valence-electron chi connectivity index (χ1n) is 6.03. The lowest BCUT2D eigenvalue weighted by molar-refractivity contribution is 0.204. The van der Waals surface area contributed by atoms with Gasteiger partial charge in [-0.05, 0) is 37.3 Å². The van der Waals surface area contributed by atoms with E-state index in [1.165, 1.54) is 0 Å². The highest BCUT2D eigenvalue weighted by molar-refractivity contribution is 7.80. The number of ether oxygens (including phenoxy) is 2. The first-order valence-corrected chi connectivity index (χ1v) is 6.43. The zero-order valence-electron chi connectivity index (χ0n) is 11.8. The Labute approximate surface area is 123 Å². The fourth-order valence-electron chi connectivity index (χ4n) is 1.43. The Bertz CT molecular complexity index is 492. The van der Waals surface area contributed by atoms with E-state index in [-0.39, 0.29) is 5.75 Å². The van der Waals surface area contributed by atoms with Gasteiger partial charge in [-0.2, -0.15) is 5.10 Å². The summed E-state index contributed by atoms with van der Waals surface area (Å²) in [7, 11) is 3.18. The van der Waals surface area contributed by atoms with E-state index in [0.29, 0.717) is 35.3 Å². The lowest BCUT2D eigenvalue weighted by Crippen LogP contribution is -2.34. The lowest BCUT2D eigenvalue weighted by atomic mass is 10.1. The molecule has 1 aromatic rings. The molecule has 0 bridgehead atoms. The van der Waals surface area contributed by atoms with Crippen LogP contribution in [0.15, 0.2) is 23.3 Å². The maximum absolute atomic E-state index is 9.81. The van der Waals surface area contributed by atoms with Crippen LogP contribution in [0.2, 0.25) is 0 Å². The summed E-state index contributed by atoms with van der Waals surface area (Å²) in [6.07, 6.45) is 0. The number of nitrogens with zero attached hydrogens (tertiary/aromatic N) is 1. The predicted octanol–water partition coefficient (Wildman–Crippen LogP) is 1.24. The van der Waals surface area contributed by atoms with Gasteiger partial charge in [-0.25, -0.2) is 0 Å². The second kappa shape index (κ2) is 8.34. The van der Waals surface area contributed by atoms with Gasteiger partial charge >= 0.3 is 0 Å². The van der Waals surface area contributed by atoms with Crippen molar-refractivity contribution in [2.24, 2.45) is 5.10 Å². The zero-order chi connectivity index (χ0) is 15.0. The monoisotopic (exact) mass is 297 g/mol. The molecule has 20 heavy (non-hydrogen) atoms. The van der Waals surface area contributed by atoms with Crippen LogP contribution in [0.3, 0.4) is 0 Å². The summed E-state index contributed by atoms with van der Waals surface area (Å²) in [5.41, 5.74) is 3.88. The highest BCUT2D eigenvalue weighted by Crippen LogP contribution is 2.23. The smallest absolute Gasteiger partial charge is 0.187 e. The molecule has 0 aliphatic carbocycles. The average molecular weight is 297 g/mol. The molecule has 0 aromatic heterocycles. The van der Waals surface area contributed by atoms with Crippen molar-refractivity contribution in [1.82, 2.24) is 10.7 Å². The molecular formula is C13H19N3O3S. The van der Waals surface area contributed by atoms with Gasteiger partial charge in [-0.1, -0.05) is 0 Å². The number of hydrogen-bond donors (Lipinski definition) is 3. The Hall–Kier alpha value is -1.86. The Balaban J connectivity index is 2.66. The van der Waals surface area contributed by atoms with Gasteiger partial charge in [0.05, 0.1) is 19.4 Å². The number of hydrazone groups is 1. The molecule has 0 aliphatic heterocycles. The van der Waals surface area contributed by atoms with E-state index in [9.17, 15) is 5.11 Å². The minimum Gasteiger partial charge on any atom is -0.507 e. The van der Waals surface area contributed by atoms with Gasteiger partial charge in [0.25, 0.3) is 0 Å². The first kappa shape index (κ1) is 16.2. The zero-order valence-corrected chi connectivity index (χ0v) is 12.6. The van der Waals surface area contributed by atoms with Crippen molar-refractivity contribution in [2.45, 2.75) is 6.92 Å². The molecule has 0 spiro atoms. The Morgan fingerprint density at radius 2 is 2.15 bits per heavy atom. The molecule has 7 heteroatoms. The third-order valence-corrected chi connectivity index (χ3v) is 2.75. The van der Waals surface area contributed by atoms with Crippen molar-refractivity contribution in [3.05, 3.63) is 23.8 Å². The molecule has 0 atom stereocenters. The summed E-state index contributed by atoms with van der Waals surface area (Å²) in [6, 6.07) is 4.94. The van der Waals surface area contributed by atoms with E-state index in [4.69, 9.17) is 21.7 Å². The second-order valence-electron chi connectivity index (χ2n) is 3.94. The molecular weight excluding hydrogens is 278 g/mol. The maximum Gasteiger partial charge on any atom is 0.187 e. The number of thiocarbonyl (C=S) groups is 1. The molecule has 0 saturated carbocycles. The van der Waals surface area contributed by atoms with E-state index in [1.807, 2.05) is 0 Å². The minimum absolute atomic E-state index is 0.132. The molecule has 6 nitrogen and oxygen atoms in total. The van der Waals surface area contributed by atoms with E-state index in [1.54, 1.807) is 39.3 Å². The van der Waals surface area contributed by atoms with Crippen LogP contribution >= 0.6 is 12.2 Å². The average Bonchev–Trinajstić information content (AvgIpc) is 2.45. The van der Waals surface area contributed by atoms with Crippen molar-refractivity contribution < 1.29 is 14.6 Å². The summed E-state index contributed by atoms with van der Waals surface area (Å²) < 4.78 is 10.0. The number of phenols is 1. The normalized spacial score (nSPS) is 11.1. The summed E-state index contributed by atoms with van der Waals surface area (Å²) in [5, 5.41) is 17.2. The van der Waals surface area contributed by atoms with Crippen molar-refractivity contribution in [1.29, 1.82) is 0 Å². The molecule has 0 unspecified atom stereocenters. The quantitative estimate of drug-likeness (QED) is 0.317. The Morgan fingerprint density at radius 3 is 2.80 bits per heavy atom. The van der Waals surface area contributed by atoms with Crippen molar-refractivity contribution in [3.8, 4) is 11.5 Å². The van der Waals surface area contributed by atoms with Crippen molar-refractivity contribution in [2.75, 3.05) is 27.4 Å². The van der Waals surface area contributed by atoms with Gasteiger partial charge in [-0.15, -0.1) is 0 Å². The van der Waals surface area contributed by atoms with Gasteiger partial charge in [0, 0.05) is 19.2 Å². The van der Waals surface area contributed by atoms with E-state index in [0.717, 1.165) is 0 Å². The fourth-order valence-corrected chi connectivity index (χ4v) is 1.58. The molecule has 0 saturated heterocycles. The Kier molecular flexibility index (Phi) is 6.75. The van der Waals surface area contributed by atoms with Crippen LogP contribution < -0.4 is 15.5 Å². The van der Waals surface area contributed by atoms with Crippen LogP contribution in [0.4, 0.5) is 0 Å². The number of phenolic OH excluding ortho intramolecular Hbond substituents is 1. The largest absolute Gasteiger partial charge is 0.507 e. The molecule has 0 radical (unpaired) electrons. The van der Waals surface area contributed by atoms with Crippen molar-refractivity contribution in [3.63, 3.8) is 0 Å². The topological polar surface area (TPSA) is 75.1 Å². The molecule has 0 amide bonds. The highest BCUT2D eigenvalue weighted by atomic mass is 32.1. The van der Waals surface area contributed by atoms with Crippen LogP contribution in [-0.4, -0.2) is 43.3 Å². The molecule has 0 heterocycles. The number of aromatic hydroxyl groups is 1. The molecule has 0 fully saturated rings. The molecule has 3 N–H and O–H groups in total. The highest BCUT2D eigenvalue weighted by Gasteiger charge is 2.06. The summed E-state index contributed by atoms with van der Waals surface area (Å²) in [5.74, 6) is 0.778. The van der Waals surface area contributed by atoms with E-state index >= 15 is 0 Å². The molecule has 0 aliphatic rings. The first-order chi connectivity index (χ1) is 9.58. The standard InChI is InChI=1S/C13H19N3O3S/c1-9(15-16-13(20)14-6-7-18-2)11-8-10(19-3)4-5-12(11)17/h4-5,8,17H,6-7H2,1-3H3,(H2,14,16,20)/b15-9+. The summed E-state index contributed by atoms with van der Waals surface area (Å²) in [6.45, 7) is 2.92. The van der Waals surface area contributed by atoms with Crippen LogP contribution in [-0.2, 0) is 4.74 Å². The van der Waals surface area contributed by atoms with Gasteiger partial charge in [-0.3, -0.25) is 5.43 Å². The van der Waals surface area contributed by atoms with Gasteiger partial charge in [0.15, 0.2) is 5.11 Å². The van der Waals surface area contributed by atoms with Gasteiger partial charge in [0.2, 0.25) is 0 Å². The minimum atomic E-state index is 0.132. The SMILES string of the molecule is COCCNC(=S)N/N=C(\C)c1cc(OC)ccc1O. The lowest BCUT2D eigenvalue weighted by Gasteiger charge is -2.09. The molecule has 1 rings (SSSR count). The third-order valence-electron chi connectivity index (χ3n) is 2.51. The number of nitrogens with one attached hydrogen (secondary N) is 2. The molecule has 110 valence electrons. The third kappa shape index (κ3) is 5.02. The van der Waals surface area contributed by atoms with E-state index < -0.39 is 0 Å². The number of benzene rings is 1. The van der Waals surface area contributed by atoms with Crippen molar-refractivity contribution >= 4 is 23.0 Å². The predicted molar refractivity (Wildman–Crippen MR) is 82.5 cm³/mol. The van der Waals surface area contributed by atoms with Gasteiger partial charge in [0.1, 0.15) is 11.5 Å². The van der Waals surface area contributed by atoms with Crippen LogP contribution in [0.5, 0.6) is 11.5 Å². The van der Waals surface area contributed by atoms with E-state index in [2.05, 4.69) is 15.8 Å². The number of hydrogen-bond acceptors (Lipinski definition) is 5. The van der Waals surface area contributed by atoms with Crippen LogP contribution in [0, 0.1) is 0 Å². The Morgan fingerprint density at radius 1 is 1.40 bits per heavy atom. The number of methoxy groups -OCH3 is 2. The molecule has 1 aromatic carbocycles. The number of rotatable bonds is 6. The summed E-state index contributed by atoms with van der Waals surface area (Å²) in [4.78, 5) is 0. The fraction of sp³-hybridized carbons (Fsp3) is 0.385. The second-order valence-corrected chi connectivity index (χ2v) is 4.35.